The number of rotatable bonds is 6. The first kappa shape index (κ1) is 14.1. The largest absolute Gasteiger partial charge is 0.306 e. The minimum atomic E-state index is -0.364. The number of nitro benzene ring substituents is 1. The Hall–Kier alpha value is -2.27. The molecule has 0 amide bonds. The van der Waals surface area contributed by atoms with Crippen LogP contribution in [0.3, 0.4) is 0 Å². The SMILES string of the molecule is CCC(NCc1cccnc1)c1cccc([N+](=O)[O-])c1. The molecule has 104 valence electrons. The minimum absolute atomic E-state index is 0.0927. The van der Waals surface area contributed by atoms with Crippen LogP contribution in [-0.2, 0) is 6.54 Å². The van der Waals surface area contributed by atoms with Gasteiger partial charge in [-0.15, -0.1) is 0 Å². The molecule has 1 N–H and O–H groups in total. The Morgan fingerprint density at radius 2 is 2.20 bits per heavy atom. The topological polar surface area (TPSA) is 68.1 Å². The molecule has 5 nitrogen and oxygen atoms in total. The summed E-state index contributed by atoms with van der Waals surface area (Å²) in [6.45, 7) is 2.74. The van der Waals surface area contributed by atoms with Gasteiger partial charge in [0.15, 0.2) is 0 Å². The van der Waals surface area contributed by atoms with Crippen molar-refractivity contribution in [3.05, 3.63) is 70.0 Å². The van der Waals surface area contributed by atoms with E-state index in [0.29, 0.717) is 6.54 Å². The second kappa shape index (κ2) is 6.77. The normalized spacial score (nSPS) is 12.1. The van der Waals surface area contributed by atoms with Crippen molar-refractivity contribution in [1.29, 1.82) is 0 Å². The standard InChI is InChI=1S/C15H17N3O2/c1-2-15(17-11-12-5-4-8-16-10-12)13-6-3-7-14(9-13)18(19)20/h3-10,15,17H,2,11H2,1H3. The summed E-state index contributed by atoms with van der Waals surface area (Å²) < 4.78 is 0. The summed E-state index contributed by atoms with van der Waals surface area (Å²) in [5.74, 6) is 0. The van der Waals surface area contributed by atoms with E-state index >= 15 is 0 Å². The maximum Gasteiger partial charge on any atom is 0.269 e. The lowest BCUT2D eigenvalue weighted by Gasteiger charge is -2.17. The molecule has 2 aromatic rings. The zero-order valence-electron chi connectivity index (χ0n) is 11.3. The Balaban J connectivity index is 2.08. The number of nitro groups is 1. The van der Waals surface area contributed by atoms with Crippen LogP contribution >= 0.6 is 0 Å². The molecule has 0 bridgehead atoms. The molecule has 20 heavy (non-hydrogen) atoms. The first-order chi connectivity index (χ1) is 9.70. The summed E-state index contributed by atoms with van der Waals surface area (Å²) >= 11 is 0. The second-order valence-corrected chi connectivity index (χ2v) is 4.56. The average molecular weight is 271 g/mol. The van der Waals surface area contributed by atoms with Gasteiger partial charge in [0.25, 0.3) is 5.69 Å². The van der Waals surface area contributed by atoms with Crippen LogP contribution in [0, 0.1) is 10.1 Å². The van der Waals surface area contributed by atoms with Gasteiger partial charge in [-0.3, -0.25) is 15.1 Å². The highest BCUT2D eigenvalue weighted by atomic mass is 16.6. The van der Waals surface area contributed by atoms with E-state index in [0.717, 1.165) is 17.5 Å². The highest BCUT2D eigenvalue weighted by Crippen LogP contribution is 2.21. The lowest BCUT2D eigenvalue weighted by molar-refractivity contribution is -0.384. The van der Waals surface area contributed by atoms with E-state index in [2.05, 4.69) is 17.2 Å². The van der Waals surface area contributed by atoms with E-state index in [9.17, 15) is 10.1 Å². The summed E-state index contributed by atoms with van der Waals surface area (Å²) in [6.07, 6.45) is 4.41. The molecule has 2 rings (SSSR count). The minimum Gasteiger partial charge on any atom is -0.306 e. The molecule has 0 aliphatic rings. The first-order valence-corrected chi connectivity index (χ1v) is 6.57. The third-order valence-electron chi connectivity index (χ3n) is 3.17. The number of non-ortho nitro benzene ring substituents is 1. The molecular weight excluding hydrogens is 254 g/mol. The summed E-state index contributed by atoms with van der Waals surface area (Å²) in [4.78, 5) is 14.5. The lowest BCUT2D eigenvalue weighted by Crippen LogP contribution is -2.20. The molecule has 0 fully saturated rings. The van der Waals surface area contributed by atoms with Crippen molar-refractivity contribution >= 4 is 5.69 Å². The van der Waals surface area contributed by atoms with Crippen molar-refractivity contribution in [1.82, 2.24) is 10.3 Å². The molecule has 1 aromatic carbocycles. The molecule has 0 saturated carbocycles. The number of benzene rings is 1. The van der Waals surface area contributed by atoms with Gasteiger partial charge < -0.3 is 5.32 Å². The van der Waals surface area contributed by atoms with Crippen LogP contribution < -0.4 is 5.32 Å². The van der Waals surface area contributed by atoms with Gasteiger partial charge in [0, 0.05) is 37.1 Å². The van der Waals surface area contributed by atoms with Crippen LogP contribution in [0.15, 0.2) is 48.8 Å². The lowest BCUT2D eigenvalue weighted by atomic mass is 10.0. The van der Waals surface area contributed by atoms with Crippen molar-refractivity contribution in [2.45, 2.75) is 25.9 Å². The van der Waals surface area contributed by atoms with Gasteiger partial charge in [-0.2, -0.15) is 0 Å². The zero-order chi connectivity index (χ0) is 14.4. The summed E-state index contributed by atoms with van der Waals surface area (Å²) in [6, 6.07) is 10.8. The maximum absolute atomic E-state index is 10.8. The van der Waals surface area contributed by atoms with Crippen LogP contribution in [0.1, 0.15) is 30.5 Å². The molecule has 1 unspecified atom stereocenters. The van der Waals surface area contributed by atoms with Gasteiger partial charge >= 0.3 is 0 Å². The van der Waals surface area contributed by atoms with E-state index in [-0.39, 0.29) is 16.7 Å². The molecule has 0 aliphatic heterocycles. The molecule has 0 radical (unpaired) electrons. The van der Waals surface area contributed by atoms with Crippen LogP contribution in [0.25, 0.3) is 0 Å². The molecule has 0 saturated heterocycles. The number of aromatic nitrogens is 1. The molecule has 1 aromatic heterocycles. The predicted octanol–water partition coefficient (Wildman–Crippen LogP) is 3.23. The second-order valence-electron chi connectivity index (χ2n) is 4.56. The van der Waals surface area contributed by atoms with E-state index in [1.807, 2.05) is 24.4 Å². The van der Waals surface area contributed by atoms with Gasteiger partial charge in [-0.25, -0.2) is 0 Å². The Morgan fingerprint density at radius 3 is 2.85 bits per heavy atom. The van der Waals surface area contributed by atoms with Crippen molar-refractivity contribution in [3.8, 4) is 0 Å². The maximum atomic E-state index is 10.8. The monoisotopic (exact) mass is 271 g/mol. The van der Waals surface area contributed by atoms with E-state index in [1.165, 1.54) is 6.07 Å². The summed E-state index contributed by atoms with van der Waals surface area (Å²) in [7, 11) is 0. The Labute approximate surface area is 117 Å². The highest BCUT2D eigenvalue weighted by molar-refractivity contribution is 5.35. The Kier molecular flexibility index (Phi) is 4.79. The highest BCUT2D eigenvalue weighted by Gasteiger charge is 2.12. The summed E-state index contributed by atoms with van der Waals surface area (Å²) in [5, 5.41) is 14.2. The molecule has 5 heteroatoms. The van der Waals surface area contributed by atoms with Crippen molar-refractivity contribution in [2.24, 2.45) is 0 Å². The van der Waals surface area contributed by atoms with Gasteiger partial charge in [-0.05, 0) is 23.6 Å². The fraction of sp³-hybridized carbons (Fsp3) is 0.267. The zero-order valence-corrected chi connectivity index (χ0v) is 11.3. The van der Waals surface area contributed by atoms with Crippen molar-refractivity contribution in [2.75, 3.05) is 0 Å². The van der Waals surface area contributed by atoms with E-state index in [1.54, 1.807) is 18.3 Å². The fourth-order valence-corrected chi connectivity index (χ4v) is 2.10. The molecule has 1 atom stereocenters. The van der Waals surface area contributed by atoms with Gasteiger partial charge in [0.2, 0.25) is 0 Å². The number of hydrogen-bond donors (Lipinski definition) is 1. The average Bonchev–Trinajstić information content (AvgIpc) is 2.49. The summed E-state index contributed by atoms with van der Waals surface area (Å²) in [5.41, 5.74) is 2.16. The first-order valence-electron chi connectivity index (χ1n) is 6.57. The predicted molar refractivity (Wildman–Crippen MR) is 77.2 cm³/mol. The Morgan fingerprint density at radius 1 is 1.35 bits per heavy atom. The fourth-order valence-electron chi connectivity index (χ4n) is 2.10. The van der Waals surface area contributed by atoms with Crippen LogP contribution in [0.5, 0.6) is 0 Å². The smallest absolute Gasteiger partial charge is 0.269 e. The van der Waals surface area contributed by atoms with Crippen LogP contribution in [0.4, 0.5) is 5.69 Å². The number of nitrogens with one attached hydrogen (secondary N) is 1. The number of pyridine rings is 1. The van der Waals surface area contributed by atoms with Crippen LogP contribution in [0.2, 0.25) is 0 Å². The van der Waals surface area contributed by atoms with Crippen molar-refractivity contribution in [3.63, 3.8) is 0 Å². The Bertz CT molecular complexity index is 572. The molecule has 0 aliphatic carbocycles. The molecule has 1 heterocycles. The quantitative estimate of drug-likeness (QED) is 0.647. The van der Waals surface area contributed by atoms with Crippen LogP contribution in [-0.4, -0.2) is 9.91 Å². The van der Waals surface area contributed by atoms with Crippen molar-refractivity contribution < 1.29 is 4.92 Å². The molecule has 0 spiro atoms. The third kappa shape index (κ3) is 3.61. The van der Waals surface area contributed by atoms with E-state index < -0.39 is 0 Å². The van der Waals surface area contributed by atoms with Gasteiger partial charge in [-0.1, -0.05) is 25.1 Å². The number of nitrogens with zero attached hydrogens (tertiary/aromatic N) is 2. The van der Waals surface area contributed by atoms with Gasteiger partial charge in [0.1, 0.15) is 0 Å². The number of hydrogen-bond acceptors (Lipinski definition) is 4. The third-order valence-corrected chi connectivity index (χ3v) is 3.17. The van der Waals surface area contributed by atoms with E-state index in [4.69, 9.17) is 0 Å². The molecular formula is C15H17N3O2. The van der Waals surface area contributed by atoms with Gasteiger partial charge in [0.05, 0.1) is 4.92 Å².